The molecule has 4 heteroatoms. The molecule has 0 amide bonds. The number of hydrogen-bond donors (Lipinski definition) is 1. The summed E-state index contributed by atoms with van der Waals surface area (Å²) in [7, 11) is 0. The molecule has 1 aromatic carbocycles. The highest BCUT2D eigenvalue weighted by Gasteiger charge is 2.32. The molecule has 0 saturated carbocycles. The van der Waals surface area contributed by atoms with Crippen molar-refractivity contribution in [2.24, 2.45) is 0 Å². The Morgan fingerprint density at radius 2 is 2.00 bits per heavy atom. The minimum Gasteiger partial charge on any atom is -0.497 e. The third-order valence-electron chi connectivity index (χ3n) is 3.07. The first-order chi connectivity index (χ1) is 9.70. The third-order valence-corrected chi connectivity index (χ3v) is 6.35. The van der Waals surface area contributed by atoms with Crippen molar-refractivity contribution in [3.05, 3.63) is 48.2 Å². The predicted molar refractivity (Wildman–Crippen MR) is 88.9 cm³/mol. The van der Waals surface area contributed by atoms with Crippen molar-refractivity contribution in [2.75, 3.05) is 11.5 Å². The van der Waals surface area contributed by atoms with Gasteiger partial charge in [-0.2, -0.15) is 0 Å². The molecule has 0 aromatic heterocycles. The standard InChI is InChI=1S/C16H22O2S2/c1-14(17)12-16(19-10-5-11-20-16)8-9-18-13-15-6-3-2-4-7-15/h2-4,6-9,14,17H,5,10-13H2,1H3/b9-8+/t14-/m1/s1. The molecule has 0 unspecified atom stereocenters. The first-order valence-electron chi connectivity index (χ1n) is 6.99. The van der Waals surface area contributed by atoms with Crippen LogP contribution >= 0.6 is 23.5 Å². The lowest BCUT2D eigenvalue weighted by Crippen LogP contribution is -2.27. The molecule has 1 fully saturated rings. The summed E-state index contributed by atoms with van der Waals surface area (Å²) in [6.45, 7) is 2.45. The Kier molecular flexibility index (Phi) is 6.33. The molecule has 1 saturated heterocycles. The van der Waals surface area contributed by atoms with Crippen LogP contribution in [0.1, 0.15) is 25.3 Å². The van der Waals surface area contributed by atoms with E-state index in [0.29, 0.717) is 6.61 Å². The van der Waals surface area contributed by atoms with Gasteiger partial charge in [-0.3, -0.25) is 0 Å². The fourth-order valence-corrected chi connectivity index (χ4v) is 5.46. The SMILES string of the molecule is C[C@@H](O)CC1(/C=C/OCc2ccccc2)SCCCS1. The van der Waals surface area contributed by atoms with Crippen molar-refractivity contribution in [2.45, 2.75) is 36.6 Å². The summed E-state index contributed by atoms with van der Waals surface area (Å²) in [4.78, 5) is 0. The second kappa shape index (κ2) is 8.01. The Hall–Kier alpha value is -0.580. The van der Waals surface area contributed by atoms with E-state index in [4.69, 9.17) is 4.74 Å². The fraction of sp³-hybridized carbons (Fsp3) is 0.500. The highest BCUT2D eigenvalue weighted by atomic mass is 32.2. The summed E-state index contributed by atoms with van der Waals surface area (Å²) < 4.78 is 5.62. The summed E-state index contributed by atoms with van der Waals surface area (Å²) in [6.07, 6.45) is 5.66. The molecule has 110 valence electrons. The van der Waals surface area contributed by atoms with Gasteiger partial charge in [0.05, 0.1) is 16.4 Å². The average Bonchev–Trinajstić information content (AvgIpc) is 2.45. The lowest BCUT2D eigenvalue weighted by molar-refractivity contribution is 0.183. The summed E-state index contributed by atoms with van der Waals surface area (Å²) in [5, 5.41) is 9.70. The quantitative estimate of drug-likeness (QED) is 0.803. The van der Waals surface area contributed by atoms with Crippen molar-refractivity contribution < 1.29 is 9.84 Å². The van der Waals surface area contributed by atoms with E-state index in [2.05, 4.69) is 18.2 Å². The first-order valence-corrected chi connectivity index (χ1v) is 8.96. The van der Waals surface area contributed by atoms with E-state index in [1.54, 1.807) is 6.26 Å². The number of ether oxygens (including phenoxy) is 1. The van der Waals surface area contributed by atoms with Gasteiger partial charge in [0.15, 0.2) is 0 Å². The predicted octanol–water partition coefficient (Wildman–Crippen LogP) is 4.05. The number of aliphatic hydroxyl groups excluding tert-OH is 1. The van der Waals surface area contributed by atoms with Gasteiger partial charge in [-0.15, -0.1) is 23.5 Å². The molecular weight excluding hydrogens is 288 g/mol. The molecule has 1 aliphatic rings. The van der Waals surface area contributed by atoms with E-state index >= 15 is 0 Å². The Morgan fingerprint density at radius 3 is 2.65 bits per heavy atom. The molecule has 1 aliphatic heterocycles. The molecule has 2 nitrogen and oxygen atoms in total. The van der Waals surface area contributed by atoms with Crippen LogP contribution in [-0.2, 0) is 11.3 Å². The number of benzene rings is 1. The topological polar surface area (TPSA) is 29.5 Å². The first kappa shape index (κ1) is 15.8. The lowest BCUT2D eigenvalue weighted by atomic mass is 10.2. The van der Waals surface area contributed by atoms with Gasteiger partial charge in [0, 0.05) is 6.42 Å². The maximum absolute atomic E-state index is 9.70. The molecule has 1 atom stereocenters. The molecule has 0 radical (unpaired) electrons. The fourth-order valence-electron chi connectivity index (χ4n) is 2.15. The van der Waals surface area contributed by atoms with Crippen LogP contribution < -0.4 is 0 Å². The molecule has 0 bridgehead atoms. The van der Waals surface area contributed by atoms with Crippen LogP contribution in [0.15, 0.2) is 42.7 Å². The van der Waals surface area contributed by atoms with Crippen molar-refractivity contribution in [1.29, 1.82) is 0 Å². The molecule has 1 heterocycles. The maximum atomic E-state index is 9.70. The summed E-state index contributed by atoms with van der Waals surface area (Å²) in [5.74, 6) is 2.31. The monoisotopic (exact) mass is 310 g/mol. The number of thioether (sulfide) groups is 2. The molecule has 0 spiro atoms. The van der Waals surface area contributed by atoms with Crippen molar-refractivity contribution in [1.82, 2.24) is 0 Å². The van der Waals surface area contributed by atoms with Gasteiger partial charge in [0.1, 0.15) is 6.61 Å². The minimum absolute atomic E-state index is 0.0247. The third kappa shape index (κ3) is 5.08. The average molecular weight is 310 g/mol. The van der Waals surface area contributed by atoms with Crippen LogP contribution in [-0.4, -0.2) is 26.8 Å². The number of aliphatic hydroxyl groups is 1. The number of hydrogen-bond acceptors (Lipinski definition) is 4. The Labute approximate surface area is 130 Å². The lowest BCUT2D eigenvalue weighted by Gasteiger charge is -2.34. The van der Waals surface area contributed by atoms with Crippen molar-refractivity contribution >= 4 is 23.5 Å². The van der Waals surface area contributed by atoms with Crippen LogP contribution in [0.3, 0.4) is 0 Å². The van der Waals surface area contributed by atoms with E-state index in [9.17, 15) is 5.11 Å². The molecule has 20 heavy (non-hydrogen) atoms. The van der Waals surface area contributed by atoms with Gasteiger partial charge in [0.2, 0.25) is 0 Å². The van der Waals surface area contributed by atoms with Crippen molar-refractivity contribution in [3.63, 3.8) is 0 Å². The zero-order valence-corrected chi connectivity index (χ0v) is 13.5. The van der Waals surface area contributed by atoms with E-state index < -0.39 is 0 Å². The molecular formula is C16H22O2S2. The zero-order valence-electron chi connectivity index (χ0n) is 11.8. The van der Waals surface area contributed by atoms with E-state index in [1.807, 2.05) is 48.6 Å². The molecule has 0 aliphatic carbocycles. The van der Waals surface area contributed by atoms with Gasteiger partial charge in [-0.05, 0) is 36.5 Å². The Bertz CT molecular complexity index is 412. The van der Waals surface area contributed by atoms with Crippen LogP contribution in [0.2, 0.25) is 0 Å². The van der Waals surface area contributed by atoms with Crippen LogP contribution in [0.25, 0.3) is 0 Å². The number of rotatable bonds is 6. The van der Waals surface area contributed by atoms with Crippen LogP contribution in [0.4, 0.5) is 0 Å². The zero-order chi connectivity index (χ0) is 14.3. The van der Waals surface area contributed by atoms with Gasteiger partial charge in [0.25, 0.3) is 0 Å². The van der Waals surface area contributed by atoms with Gasteiger partial charge in [-0.25, -0.2) is 0 Å². The van der Waals surface area contributed by atoms with E-state index in [1.165, 1.54) is 12.0 Å². The van der Waals surface area contributed by atoms with Gasteiger partial charge < -0.3 is 9.84 Å². The van der Waals surface area contributed by atoms with Crippen LogP contribution in [0.5, 0.6) is 0 Å². The summed E-state index contributed by atoms with van der Waals surface area (Å²) in [5.41, 5.74) is 1.17. The van der Waals surface area contributed by atoms with Crippen LogP contribution in [0, 0.1) is 0 Å². The smallest absolute Gasteiger partial charge is 0.112 e. The van der Waals surface area contributed by atoms with E-state index in [0.717, 1.165) is 17.9 Å². The highest BCUT2D eigenvalue weighted by Crippen LogP contribution is 2.46. The highest BCUT2D eigenvalue weighted by molar-refractivity contribution is 8.19. The van der Waals surface area contributed by atoms with Crippen molar-refractivity contribution in [3.8, 4) is 0 Å². The maximum Gasteiger partial charge on any atom is 0.112 e. The molecule has 1 N–H and O–H groups in total. The molecule has 2 rings (SSSR count). The second-order valence-electron chi connectivity index (χ2n) is 5.01. The normalized spacial score (nSPS) is 19.9. The van der Waals surface area contributed by atoms with Gasteiger partial charge >= 0.3 is 0 Å². The summed E-state index contributed by atoms with van der Waals surface area (Å²) in [6, 6.07) is 10.2. The minimum atomic E-state index is -0.285. The van der Waals surface area contributed by atoms with E-state index in [-0.39, 0.29) is 10.2 Å². The summed E-state index contributed by atoms with van der Waals surface area (Å²) >= 11 is 3.84. The second-order valence-corrected chi connectivity index (χ2v) is 8.12. The Morgan fingerprint density at radius 1 is 1.30 bits per heavy atom. The Balaban J connectivity index is 1.88. The largest absolute Gasteiger partial charge is 0.497 e. The van der Waals surface area contributed by atoms with Gasteiger partial charge in [-0.1, -0.05) is 30.3 Å². The molecule has 1 aromatic rings.